The number of nitrogens with one attached hydrogen (secondary N) is 1. The van der Waals surface area contributed by atoms with Crippen molar-refractivity contribution in [3.63, 3.8) is 0 Å². The summed E-state index contributed by atoms with van der Waals surface area (Å²) in [5.41, 5.74) is 3.41. The van der Waals surface area contributed by atoms with E-state index in [0.29, 0.717) is 19.6 Å². The second kappa shape index (κ2) is 7.38. The van der Waals surface area contributed by atoms with Crippen LogP contribution >= 0.6 is 0 Å². The molecular weight excluding hydrogens is 290 g/mol. The fraction of sp³-hybridized carbons (Fsp3) is 0.368. The first-order valence-electron chi connectivity index (χ1n) is 8.16. The predicted octanol–water partition coefficient (Wildman–Crippen LogP) is 3.56. The minimum atomic E-state index is 0.182. The molecule has 0 saturated carbocycles. The standard InChI is InChI=1S/C19H23NO3/c1-2-17(20-16-6-3-14(4-7-16)9-10-21)15-5-8-18-19(13-15)23-12-11-22-18/h3-8,13,17,20-21H,2,9-12H2,1H3. The van der Waals surface area contributed by atoms with Gasteiger partial charge in [-0.2, -0.15) is 0 Å². The van der Waals surface area contributed by atoms with Gasteiger partial charge in [0.15, 0.2) is 11.5 Å². The number of hydrogen-bond donors (Lipinski definition) is 2. The molecule has 1 aliphatic rings. The Morgan fingerprint density at radius 1 is 1.04 bits per heavy atom. The van der Waals surface area contributed by atoms with Crippen LogP contribution < -0.4 is 14.8 Å². The summed E-state index contributed by atoms with van der Waals surface area (Å²) in [5.74, 6) is 1.65. The van der Waals surface area contributed by atoms with Crippen LogP contribution in [0.2, 0.25) is 0 Å². The van der Waals surface area contributed by atoms with E-state index in [9.17, 15) is 0 Å². The van der Waals surface area contributed by atoms with Crippen molar-refractivity contribution in [2.24, 2.45) is 0 Å². The number of anilines is 1. The summed E-state index contributed by atoms with van der Waals surface area (Å²) in [4.78, 5) is 0. The van der Waals surface area contributed by atoms with Crippen LogP contribution in [0, 0.1) is 0 Å². The lowest BCUT2D eigenvalue weighted by Crippen LogP contribution is -2.16. The van der Waals surface area contributed by atoms with E-state index in [1.807, 2.05) is 6.07 Å². The molecule has 0 spiro atoms. The van der Waals surface area contributed by atoms with Crippen LogP contribution in [0.15, 0.2) is 42.5 Å². The van der Waals surface area contributed by atoms with E-state index >= 15 is 0 Å². The Labute approximate surface area is 137 Å². The molecule has 1 heterocycles. The van der Waals surface area contributed by atoms with Crippen LogP contribution in [0.5, 0.6) is 11.5 Å². The highest BCUT2D eigenvalue weighted by Crippen LogP contribution is 2.34. The maximum atomic E-state index is 8.98. The van der Waals surface area contributed by atoms with Gasteiger partial charge in [-0.25, -0.2) is 0 Å². The van der Waals surface area contributed by atoms with Crippen molar-refractivity contribution in [3.05, 3.63) is 53.6 Å². The third-order valence-electron chi connectivity index (χ3n) is 4.07. The molecule has 0 amide bonds. The van der Waals surface area contributed by atoms with Crippen molar-refractivity contribution in [3.8, 4) is 11.5 Å². The largest absolute Gasteiger partial charge is 0.486 e. The summed E-state index contributed by atoms with van der Waals surface area (Å²) >= 11 is 0. The fourth-order valence-electron chi connectivity index (χ4n) is 2.80. The zero-order valence-corrected chi connectivity index (χ0v) is 13.4. The number of benzene rings is 2. The summed E-state index contributed by atoms with van der Waals surface area (Å²) in [6.45, 7) is 3.56. The summed E-state index contributed by atoms with van der Waals surface area (Å²) in [6.07, 6.45) is 1.66. The van der Waals surface area contributed by atoms with Gasteiger partial charge >= 0.3 is 0 Å². The Bertz CT molecular complexity index is 640. The highest BCUT2D eigenvalue weighted by molar-refractivity contribution is 5.50. The number of aliphatic hydroxyl groups excluding tert-OH is 1. The molecule has 2 aromatic rings. The van der Waals surface area contributed by atoms with Crippen molar-refractivity contribution in [2.75, 3.05) is 25.1 Å². The molecule has 0 saturated heterocycles. The smallest absolute Gasteiger partial charge is 0.161 e. The van der Waals surface area contributed by atoms with Crippen LogP contribution in [0.1, 0.15) is 30.5 Å². The molecule has 2 N–H and O–H groups in total. The van der Waals surface area contributed by atoms with Gasteiger partial charge < -0.3 is 19.9 Å². The number of aliphatic hydroxyl groups is 1. The van der Waals surface area contributed by atoms with Gasteiger partial charge in [0.2, 0.25) is 0 Å². The average Bonchev–Trinajstić information content (AvgIpc) is 2.61. The van der Waals surface area contributed by atoms with Crippen molar-refractivity contribution < 1.29 is 14.6 Å². The van der Waals surface area contributed by atoms with Gasteiger partial charge in [-0.05, 0) is 48.2 Å². The molecule has 0 aliphatic carbocycles. The fourth-order valence-corrected chi connectivity index (χ4v) is 2.80. The number of rotatable bonds is 6. The molecular formula is C19H23NO3. The van der Waals surface area contributed by atoms with Gasteiger partial charge in [-0.1, -0.05) is 25.1 Å². The van der Waals surface area contributed by atoms with Gasteiger partial charge in [-0.15, -0.1) is 0 Å². The third-order valence-corrected chi connectivity index (χ3v) is 4.07. The lowest BCUT2D eigenvalue weighted by molar-refractivity contribution is 0.171. The molecule has 0 fully saturated rings. The molecule has 0 bridgehead atoms. The van der Waals surface area contributed by atoms with E-state index in [-0.39, 0.29) is 12.6 Å². The molecule has 0 radical (unpaired) electrons. The Hall–Kier alpha value is -2.20. The van der Waals surface area contributed by atoms with Gasteiger partial charge in [0.25, 0.3) is 0 Å². The second-order valence-electron chi connectivity index (χ2n) is 5.68. The highest BCUT2D eigenvalue weighted by atomic mass is 16.6. The number of ether oxygens (including phenoxy) is 2. The SMILES string of the molecule is CCC(Nc1ccc(CCO)cc1)c1ccc2c(c1)OCCO2. The average molecular weight is 313 g/mol. The predicted molar refractivity (Wildman–Crippen MR) is 91.3 cm³/mol. The molecule has 2 aromatic carbocycles. The minimum Gasteiger partial charge on any atom is -0.486 e. The highest BCUT2D eigenvalue weighted by Gasteiger charge is 2.16. The normalized spacial score (nSPS) is 14.3. The molecule has 4 nitrogen and oxygen atoms in total. The van der Waals surface area contributed by atoms with E-state index < -0.39 is 0 Å². The van der Waals surface area contributed by atoms with Crippen molar-refractivity contribution in [1.82, 2.24) is 0 Å². The first-order valence-corrected chi connectivity index (χ1v) is 8.16. The summed E-state index contributed by atoms with van der Waals surface area (Å²) in [5, 5.41) is 12.5. The summed E-state index contributed by atoms with van der Waals surface area (Å²) < 4.78 is 11.3. The van der Waals surface area contributed by atoms with Crippen LogP contribution in [0.25, 0.3) is 0 Å². The van der Waals surface area contributed by atoms with Gasteiger partial charge in [0.05, 0.1) is 6.04 Å². The maximum Gasteiger partial charge on any atom is 0.161 e. The van der Waals surface area contributed by atoms with Crippen LogP contribution in [0.4, 0.5) is 5.69 Å². The van der Waals surface area contributed by atoms with E-state index in [1.54, 1.807) is 0 Å². The van der Waals surface area contributed by atoms with Gasteiger partial charge in [-0.3, -0.25) is 0 Å². The van der Waals surface area contributed by atoms with Crippen molar-refractivity contribution in [1.29, 1.82) is 0 Å². The Morgan fingerprint density at radius 3 is 2.48 bits per heavy atom. The van der Waals surface area contributed by atoms with Gasteiger partial charge in [0.1, 0.15) is 13.2 Å². The maximum absolute atomic E-state index is 8.98. The quantitative estimate of drug-likeness (QED) is 0.856. The molecule has 4 heteroatoms. The topological polar surface area (TPSA) is 50.7 Å². The zero-order valence-electron chi connectivity index (χ0n) is 13.4. The minimum absolute atomic E-state index is 0.182. The third kappa shape index (κ3) is 3.77. The Kier molecular flexibility index (Phi) is 5.03. The number of hydrogen-bond acceptors (Lipinski definition) is 4. The van der Waals surface area contributed by atoms with Crippen LogP contribution in [-0.2, 0) is 6.42 Å². The Morgan fingerprint density at radius 2 is 1.78 bits per heavy atom. The number of fused-ring (bicyclic) bond motifs is 1. The van der Waals surface area contributed by atoms with Crippen molar-refractivity contribution >= 4 is 5.69 Å². The molecule has 1 aliphatic heterocycles. The monoisotopic (exact) mass is 313 g/mol. The second-order valence-corrected chi connectivity index (χ2v) is 5.68. The lowest BCUT2D eigenvalue weighted by atomic mass is 10.0. The van der Waals surface area contributed by atoms with E-state index in [0.717, 1.165) is 29.2 Å². The van der Waals surface area contributed by atoms with E-state index in [1.165, 1.54) is 5.56 Å². The molecule has 0 aromatic heterocycles. The molecule has 3 rings (SSSR count). The zero-order chi connectivity index (χ0) is 16.1. The van der Waals surface area contributed by atoms with Crippen LogP contribution in [0.3, 0.4) is 0 Å². The van der Waals surface area contributed by atoms with Crippen molar-refractivity contribution in [2.45, 2.75) is 25.8 Å². The molecule has 1 atom stereocenters. The first kappa shape index (κ1) is 15.7. The molecule has 1 unspecified atom stereocenters. The van der Waals surface area contributed by atoms with Crippen LogP contribution in [-0.4, -0.2) is 24.9 Å². The molecule has 23 heavy (non-hydrogen) atoms. The van der Waals surface area contributed by atoms with E-state index in [2.05, 4.69) is 48.6 Å². The van der Waals surface area contributed by atoms with E-state index in [4.69, 9.17) is 14.6 Å². The van der Waals surface area contributed by atoms with Gasteiger partial charge in [0, 0.05) is 12.3 Å². The molecule has 122 valence electrons. The Balaban J connectivity index is 1.74. The summed E-state index contributed by atoms with van der Waals surface area (Å²) in [7, 11) is 0. The summed E-state index contributed by atoms with van der Waals surface area (Å²) in [6, 6.07) is 14.6. The lowest BCUT2D eigenvalue weighted by Gasteiger charge is -2.23. The first-order chi connectivity index (χ1) is 11.3.